The van der Waals surface area contributed by atoms with Gasteiger partial charge in [0, 0.05) is 43.2 Å². The number of halogens is 1. The van der Waals surface area contributed by atoms with Gasteiger partial charge in [0.2, 0.25) is 5.91 Å². The molecule has 2 aromatic rings. The first-order valence-corrected chi connectivity index (χ1v) is 12.8. The Labute approximate surface area is 213 Å². The van der Waals surface area contributed by atoms with Crippen LogP contribution in [0.4, 0.5) is 16.3 Å². The summed E-state index contributed by atoms with van der Waals surface area (Å²) < 4.78 is 4.73. The molecule has 34 heavy (non-hydrogen) atoms. The van der Waals surface area contributed by atoms with E-state index in [9.17, 15) is 9.59 Å². The number of anilines is 2. The number of hydrogen-bond acceptors (Lipinski definition) is 7. The molecule has 2 amide bonds. The zero-order valence-electron chi connectivity index (χ0n) is 20.0. The molecule has 1 atom stereocenters. The lowest BCUT2D eigenvalue weighted by atomic mass is 10.0. The van der Waals surface area contributed by atoms with Crippen molar-refractivity contribution in [3.8, 4) is 11.4 Å². The highest BCUT2D eigenvalue weighted by atomic mass is 127. The molecular weight excluding hydrogens is 547 g/mol. The summed E-state index contributed by atoms with van der Waals surface area (Å²) in [6.07, 6.45) is 9.79. The molecule has 0 radical (unpaired) electrons. The topological polar surface area (TPSA) is 101 Å². The van der Waals surface area contributed by atoms with Gasteiger partial charge in [-0.05, 0) is 61.8 Å². The number of pyridine rings is 1. The second-order valence-electron chi connectivity index (χ2n) is 9.21. The Morgan fingerprint density at radius 3 is 2.71 bits per heavy atom. The molecule has 3 heterocycles. The Morgan fingerprint density at radius 1 is 1.29 bits per heavy atom. The summed E-state index contributed by atoms with van der Waals surface area (Å²) in [5.41, 5.74) is 2.29. The molecule has 2 aromatic heterocycles. The van der Waals surface area contributed by atoms with Crippen LogP contribution in [-0.2, 0) is 16.1 Å². The lowest BCUT2D eigenvalue weighted by Crippen LogP contribution is -2.55. The molecule has 0 bridgehead atoms. The Hall–Kier alpha value is -2.50. The van der Waals surface area contributed by atoms with Crippen molar-refractivity contribution in [2.75, 3.05) is 16.8 Å². The van der Waals surface area contributed by atoms with Crippen molar-refractivity contribution < 1.29 is 14.3 Å². The van der Waals surface area contributed by atoms with Crippen molar-refractivity contribution in [1.82, 2.24) is 20.3 Å². The van der Waals surface area contributed by atoms with E-state index in [0.29, 0.717) is 11.9 Å². The van der Waals surface area contributed by atoms with Gasteiger partial charge in [-0.15, -0.1) is 0 Å². The van der Waals surface area contributed by atoms with Gasteiger partial charge in [0.05, 0.1) is 6.20 Å². The van der Waals surface area contributed by atoms with Crippen LogP contribution in [0, 0.1) is 0 Å². The predicted molar refractivity (Wildman–Crippen MR) is 139 cm³/mol. The van der Waals surface area contributed by atoms with Crippen molar-refractivity contribution in [2.45, 2.75) is 75.1 Å². The number of amides is 2. The number of hydrogen-bond donors (Lipinski definition) is 1. The van der Waals surface area contributed by atoms with Crippen LogP contribution in [0.3, 0.4) is 0 Å². The number of nitrogens with zero attached hydrogens (tertiary/aromatic N) is 5. The first-order valence-electron chi connectivity index (χ1n) is 11.7. The SMILES string of the molecule is CC[C@@H]1C(=O)N(C)c2cnc(-c3ccncc3CNC(=O)OC(C)(C)I)nc2N1C1CCCC1. The summed E-state index contributed by atoms with van der Waals surface area (Å²) in [5.74, 6) is 1.43. The minimum Gasteiger partial charge on any atom is -0.433 e. The summed E-state index contributed by atoms with van der Waals surface area (Å²) in [7, 11) is 1.79. The minimum absolute atomic E-state index is 0.0868. The van der Waals surface area contributed by atoms with E-state index in [-0.39, 0.29) is 18.5 Å². The summed E-state index contributed by atoms with van der Waals surface area (Å²) in [4.78, 5) is 43.0. The molecule has 0 saturated heterocycles. The van der Waals surface area contributed by atoms with E-state index < -0.39 is 9.70 Å². The zero-order chi connectivity index (χ0) is 24.5. The largest absolute Gasteiger partial charge is 0.433 e. The molecule has 1 saturated carbocycles. The molecule has 2 aliphatic rings. The first kappa shape index (κ1) is 24.6. The normalized spacial score (nSPS) is 18.7. The first-order chi connectivity index (χ1) is 16.2. The Bertz CT molecular complexity index is 1070. The number of ether oxygens (including phenoxy) is 1. The highest BCUT2D eigenvalue weighted by Crippen LogP contribution is 2.40. The van der Waals surface area contributed by atoms with Crippen LogP contribution in [0.15, 0.2) is 24.7 Å². The Morgan fingerprint density at radius 2 is 2.03 bits per heavy atom. The van der Waals surface area contributed by atoms with Crippen LogP contribution >= 0.6 is 22.6 Å². The van der Waals surface area contributed by atoms with Crippen molar-refractivity contribution >= 4 is 46.1 Å². The van der Waals surface area contributed by atoms with Crippen LogP contribution in [0.25, 0.3) is 11.4 Å². The molecule has 1 fully saturated rings. The van der Waals surface area contributed by atoms with Gasteiger partial charge >= 0.3 is 6.09 Å². The Balaban J connectivity index is 1.68. The van der Waals surface area contributed by atoms with Gasteiger partial charge in [-0.25, -0.2) is 14.8 Å². The predicted octanol–water partition coefficient (Wildman–Crippen LogP) is 4.44. The zero-order valence-corrected chi connectivity index (χ0v) is 22.2. The number of nitrogens with one attached hydrogen (secondary N) is 1. The number of alkyl carbamates (subject to hydrolysis) is 1. The van der Waals surface area contributed by atoms with Crippen molar-refractivity contribution in [3.05, 3.63) is 30.2 Å². The van der Waals surface area contributed by atoms with E-state index in [0.717, 1.165) is 41.9 Å². The molecule has 10 heteroatoms. The maximum atomic E-state index is 13.1. The van der Waals surface area contributed by atoms with Gasteiger partial charge in [-0.1, -0.05) is 19.8 Å². The lowest BCUT2D eigenvalue weighted by Gasteiger charge is -2.43. The highest BCUT2D eigenvalue weighted by molar-refractivity contribution is 14.1. The number of carbonyl (C=O) groups is 2. The number of carbonyl (C=O) groups excluding carboxylic acids is 2. The second kappa shape index (κ2) is 10.0. The summed E-state index contributed by atoms with van der Waals surface area (Å²) in [6, 6.07) is 1.92. The standard InChI is InChI=1S/C24H31IN6O3/c1-5-18-22(32)30(4)19-14-27-20(29-21(19)31(18)16-8-6-7-9-16)17-10-11-26-12-15(17)13-28-23(33)34-24(2,3)25/h10-12,14,16,18H,5-9,13H2,1-4H3,(H,28,33)/t18-/m1/s1. The molecule has 1 N–H and O–H groups in total. The Kier molecular flexibility index (Phi) is 7.25. The van der Waals surface area contributed by atoms with E-state index in [4.69, 9.17) is 9.72 Å². The van der Waals surface area contributed by atoms with Gasteiger partial charge in [0.15, 0.2) is 15.3 Å². The average Bonchev–Trinajstić information content (AvgIpc) is 3.33. The maximum Gasteiger partial charge on any atom is 0.408 e. The monoisotopic (exact) mass is 578 g/mol. The van der Waals surface area contributed by atoms with Gasteiger partial charge in [-0.3, -0.25) is 9.78 Å². The van der Waals surface area contributed by atoms with Crippen LogP contribution in [0.2, 0.25) is 0 Å². The number of alkyl halides is 1. The number of likely N-dealkylation sites (N-methyl/N-ethyl adjacent to an activating group) is 1. The maximum absolute atomic E-state index is 13.1. The third-order valence-corrected chi connectivity index (χ3v) is 6.54. The fraction of sp³-hybridized carbons (Fsp3) is 0.542. The van der Waals surface area contributed by atoms with E-state index in [2.05, 4.69) is 42.8 Å². The average molecular weight is 578 g/mol. The van der Waals surface area contributed by atoms with Crippen molar-refractivity contribution in [3.63, 3.8) is 0 Å². The van der Waals surface area contributed by atoms with Crippen LogP contribution < -0.4 is 15.1 Å². The molecule has 0 spiro atoms. The fourth-order valence-corrected chi connectivity index (χ4v) is 4.92. The van der Waals surface area contributed by atoms with Gasteiger partial charge < -0.3 is 19.9 Å². The fourth-order valence-electron chi connectivity index (χ4n) is 4.72. The number of fused-ring (bicyclic) bond motifs is 1. The smallest absolute Gasteiger partial charge is 0.408 e. The van der Waals surface area contributed by atoms with E-state index in [1.54, 1.807) is 30.5 Å². The molecule has 4 rings (SSSR count). The van der Waals surface area contributed by atoms with E-state index in [1.165, 1.54) is 12.8 Å². The van der Waals surface area contributed by atoms with E-state index in [1.807, 2.05) is 26.8 Å². The van der Waals surface area contributed by atoms with Crippen LogP contribution in [0.1, 0.15) is 58.4 Å². The molecule has 0 aromatic carbocycles. The molecule has 9 nitrogen and oxygen atoms in total. The van der Waals surface area contributed by atoms with Crippen molar-refractivity contribution in [1.29, 1.82) is 0 Å². The third-order valence-electron chi connectivity index (χ3n) is 6.32. The highest BCUT2D eigenvalue weighted by Gasteiger charge is 2.41. The van der Waals surface area contributed by atoms with Gasteiger partial charge in [0.25, 0.3) is 0 Å². The molecule has 0 unspecified atom stereocenters. The van der Waals surface area contributed by atoms with Gasteiger partial charge in [-0.2, -0.15) is 0 Å². The van der Waals surface area contributed by atoms with E-state index >= 15 is 0 Å². The van der Waals surface area contributed by atoms with Crippen molar-refractivity contribution in [2.24, 2.45) is 0 Å². The number of rotatable bonds is 6. The molecule has 182 valence electrons. The minimum atomic E-state index is -0.607. The summed E-state index contributed by atoms with van der Waals surface area (Å²) in [5, 5.41) is 2.79. The quantitative estimate of drug-likeness (QED) is 0.400. The van der Waals surface area contributed by atoms with Crippen LogP contribution in [-0.4, -0.2) is 49.7 Å². The lowest BCUT2D eigenvalue weighted by molar-refractivity contribution is -0.120. The molecule has 1 aliphatic carbocycles. The second-order valence-corrected chi connectivity index (χ2v) is 11.8. The summed E-state index contributed by atoms with van der Waals surface area (Å²) in [6.45, 7) is 5.90. The third kappa shape index (κ3) is 5.11. The summed E-state index contributed by atoms with van der Waals surface area (Å²) >= 11 is 2.06. The molecule has 1 aliphatic heterocycles. The number of aromatic nitrogens is 3. The van der Waals surface area contributed by atoms with Crippen LogP contribution in [0.5, 0.6) is 0 Å². The molecular formula is C24H31IN6O3. The van der Waals surface area contributed by atoms with Gasteiger partial charge in [0.1, 0.15) is 11.7 Å².